The molecule has 0 aromatic carbocycles. The molecule has 4 N–H and O–H groups in total. The Bertz CT molecular complexity index is 1700. The summed E-state index contributed by atoms with van der Waals surface area (Å²) >= 11 is 0. The van der Waals surface area contributed by atoms with E-state index < -0.39 is 65.4 Å². The number of aryl methyl sites for hydroxylation is 2. The van der Waals surface area contributed by atoms with Crippen molar-refractivity contribution in [1.29, 1.82) is 0 Å². The molecule has 0 radical (unpaired) electrons. The lowest BCUT2D eigenvalue weighted by molar-refractivity contribution is -0.0307. The molecule has 2 aliphatic heterocycles. The second kappa shape index (κ2) is 15.0. The Morgan fingerprint density at radius 1 is 0.933 bits per heavy atom. The average molecular weight is 632 g/mol. The highest BCUT2D eigenvalue weighted by Gasteiger charge is 2.37. The van der Waals surface area contributed by atoms with Crippen LogP contribution >= 0.6 is 0 Å². The summed E-state index contributed by atoms with van der Waals surface area (Å²) in [5.74, 6) is 0. The van der Waals surface area contributed by atoms with Gasteiger partial charge in [-0.05, 0) is 38.3 Å². The first-order valence-electron chi connectivity index (χ1n) is 14.0. The second-order valence-corrected chi connectivity index (χ2v) is 10.3. The minimum absolute atomic E-state index is 0.0868. The predicted molar refractivity (Wildman–Crippen MR) is 155 cm³/mol. The number of ether oxygens (including phenoxy) is 4. The van der Waals surface area contributed by atoms with Gasteiger partial charge in [0.25, 0.3) is 11.1 Å². The first-order chi connectivity index (χ1) is 21.5. The summed E-state index contributed by atoms with van der Waals surface area (Å²) in [5.41, 5.74) is 7.26. The molecule has 19 heteroatoms. The van der Waals surface area contributed by atoms with Crippen molar-refractivity contribution in [1.82, 2.24) is 29.7 Å². The number of unbranched alkanes of at least 4 members (excludes halogenated alkanes) is 1. The molecule has 19 nitrogen and oxygen atoms in total. The SMILES string of the molecule is Cc1cn([C@H]2C=C[C@@H](COC(=O)NCCCCNC(=O)OC[C@H]3O[C@@H](n4cc(C)c(=O)[nH]c4=O)C[C@@H]3N=[N+]=[N-])O2)c(=O)[nH]c1=O. The lowest BCUT2D eigenvalue weighted by atomic mass is 10.1. The van der Waals surface area contributed by atoms with Crippen LogP contribution in [-0.2, 0) is 18.9 Å². The van der Waals surface area contributed by atoms with Crippen LogP contribution in [0.4, 0.5) is 9.59 Å². The lowest BCUT2D eigenvalue weighted by Crippen LogP contribution is -2.34. The van der Waals surface area contributed by atoms with Crippen LogP contribution in [0.25, 0.3) is 10.4 Å². The number of rotatable bonds is 12. The van der Waals surface area contributed by atoms with Crippen LogP contribution in [0.1, 0.15) is 42.8 Å². The van der Waals surface area contributed by atoms with Gasteiger partial charge in [-0.2, -0.15) is 0 Å². The van der Waals surface area contributed by atoms with Crippen molar-refractivity contribution in [2.75, 3.05) is 26.3 Å². The first-order valence-corrected chi connectivity index (χ1v) is 14.0. The third-order valence-corrected chi connectivity index (χ3v) is 6.98. The molecule has 0 spiro atoms. The van der Waals surface area contributed by atoms with Gasteiger partial charge in [0, 0.05) is 47.9 Å². The number of H-pyrrole nitrogens is 2. The number of hydrogen-bond donors (Lipinski definition) is 4. The zero-order valence-electron chi connectivity index (χ0n) is 24.5. The largest absolute Gasteiger partial charge is 0.447 e. The normalized spacial score (nSPS) is 22.0. The molecule has 2 aliphatic rings. The number of carbonyl (C=O) groups excluding carboxylic acids is 2. The number of nitrogens with one attached hydrogen (secondary N) is 4. The summed E-state index contributed by atoms with van der Waals surface area (Å²) < 4.78 is 24.2. The molecule has 0 saturated carbocycles. The van der Waals surface area contributed by atoms with E-state index in [0.29, 0.717) is 24.0 Å². The van der Waals surface area contributed by atoms with Gasteiger partial charge in [-0.1, -0.05) is 11.2 Å². The zero-order valence-corrected chi connectivity index (χ0v) is 24.5. The van der Waals surface area contributed by atoms with Crippen LogP contribution in [0.3, 0.4) is 0 Å². The van der Waals surface area contributed by atoms with Gasteiger partial charge in [0.1, 0.15) is 31.6 Å². The van der Waals surface area contributed by atoms with Gasteiger partial charge in [-0.3, -0.25) is 28.7 Å². The van der Waals surface area contributed by atoms with Crippen molar-refractivity contribution in [2.24, 2.45) is 5.11 Å². The Labute approximate surface area is 253 Å². The van der Waals surface area contributed by atoms with Gasteiger partial charge >= 0.3 is 23.6 Å². The minimum atomic E-state index is -0.823. The van der Waals surface area contributed by atoms with Gasteiger partial charge in [-0.15, -0.1) is 0 Å². The number of alkyl carbamates (subject to hydrolysis) is 2. The van der Waals surface area contributed by atoms with Crippen molar-refractivity contribution in [2.45, 2.75) is 63.8 Å². The standard InChI is InChI=1S/C26H33N9O10/c1-14-10-34(23(38)30-21(14)36)19-6-5-16(44-19)12-42-25(40)28-7-3-4-8-29-26(41)43-13-18-17(32-33-27)9-20(45-18)35-11-15(2)22(37)31-24(35)39/h5-6,10-11,16-20H,3-4,7-9,12-13H2,1-2H3,(H,28,40)(H,29,41)(H,30,36,38)(H,31,37,39)/t16-,17-,18+,19+,20+/m0/s1. The fourth-order valence-corrected chi connectivity index (χ4v) is 4.59. The van der Waals surface area contributed by atoms with Gasteiger partial charge < -0.3 is 29.6 Å². The maximum Gasteiger partial charge on any atom is 0.407 e. The number of aromatic nitrogens is 4. The van der Waals surface area contributed by atoms with E-state index in [1.807, 2.05) is 0 Å². The van der Waals surface area contributed by atoms with E-state index in [-0.39, 0.29) is 32.7 Å². The fraction of sp³-hybridized carbons (Fsp3) is 0.538. The van der Waals surface area contributed by atoms with Crippen molar-refractivity contribution < 1.29 is 28.5 Å². The molecule has 45 heavy (non-hydrogen) atoms. The maximum absolute atomic E-state index is 12.2. The van der Waals surface area contributed by atoms with Crippen molar-refractivity contribution in [3.8, 4) is 0 Å². The zero-order chi connectivity index (χ0) is 32.5. The van der Waals surface area contributed by atoms with Crippen LogP contribution in [0.2, 0.25) is 0 Å². The second-order valence-electron chi connectivity index (χ2n) is 10.3. The molecule has 5 atom stereocenters. The molecule has 1 saturated heterocycles. The predicted octanol–water partition coefficient (Wildman–Crippen LogP) is 0.356. The molecule has 0 unspecified atom stereocenters. The van der Waals surface area contributed by atoms with Crippen molar-refractivity contribution >= 4 is 12.2 Å². The number of amides is 2. The van der Waals surface area contributed by atoms with Crippen LogP contribution in [-0.4, -0.2) is 75.8 Å². The highest BCUT2D eigenvalue weighted by molar-refractivity contribution is 5.67. The Morgan fingerprint density at radius 3 is 2.13 bits per heavy atom. The molecular weight excluding hydrogens is 598 g/mol. The van der Waals surface area contributed by atoms with Crippen LogP contribution < -0.4 is 33.1 Å². The molecule has 242 valence electrons. The first kappa shape index (κ1) is 32.8. The average Bonchev–Trinajstić information content (AvgIpc) is 3.64. The van der Waals surface area contributed by atoms with Gasteiger partial charge in [0.2, 0.25) is 0 Å². The summed E-state index contributed by atoms with van der Waals surface area (Å²) in [5, 5.41) is 8.84. The number of azide groups is 1. The number of aromatic amines is 2. The molecule has 4 heterocycles. The highest BCUT2D eigenvalue weighted by Crippen LogP contribution is 2.30. The van der Waals surface area contributed by atoms with E-state index in [4.69, 9.17) is 24.5 Å². The van der Waals surface area contributed by atoms with Crippen LogP contribution in [0, 0.1) is 13.8 Å². The van der Waals surface area contributed by atoms with E-state index in [1.54, 1.807) is 19.1 Å². The molecule has 2 aromatic heterocycles. The molecule has 2 aromatic rings. The fourth-order valence-electron chi connectivity index (χ4n) is 4.59. The van der Waals surface area contributed by atoms with E-state index in [0.717, 1.165) is 0 Å². The lowest BCUT2D eigenvalue weighted by Gasteiger charge is -2.17. The third kappa shape index (κ3) is 8.71. The molecule has 4 rings (SSSR count). The monoisotopic (exact) mass is 631 g/mol. The molecule has 0 bridgehead atoms. The Kier molecular flexibility index (Phi) is 11.0. The number of carbonyl (C=O) groups is 2. The Hall–Kier alpha value is -5.13. The third-order valence-electron chi connectivity index (χ3n) is 6.98. The number of hydrogen-bond acceptors (Lipinski definition) is 11. The summed E-state index contributed by atoms with van der Waals surface area (Å²) in [4.78, 5) is 78.7. The topological polar surface area (TPSA) is 254 Å². The summed E-state index contributed by atoms with van der Waals surface area (Å²) in [7, 11) is 0. The molecule has 2 amide bonds. The van der Waals surface area contributed by atoms with E-state index in [9.17, 15) is 28.8 Å². The highest BCUT2D eigenvalue weighted by atomic mass is 16.6. The Morgan fingerprint density at radius 2 is 1.51 bits per heavy atom. The smallest absolute Gasteiger partial charge is 0.407 e. The maximum atomic E-state index is 12.2. The van der Waals surface area contributed by atoms with E-state index in [1.165, 1.54) is 28.5 Å². The van der Waals surface area contributed by atoms with Crippen molar-refractivity contribution in [3.63, 3.8) is 0 Å². The van der Waals surface area contributed by atoms with Gasteiger partial charge in [0.05, 0.1) is 6.04 Å². The summed E-state index contributed by atoms with van der Waals surface area (Å²) in [6.07, 6.45) is 2.85. The summed E-state index contributed by atoms with van der Waals surface area (Å²) in [6, 6.07) is -0.708. The molecular formula is C26H33N9O10. The number of nitrogens with zero attached hydrogens (tertiary/aromatic N) is 5. The quantitative estimate of drug-likeness (QED) is 0.0822. The molecule has 1 fully saturated rings. The van der Waals surface area contributed by atoms with Crippen LogP contribution in [0.5, 0.6) is 0 Å². The van der Waals surface area contributed by atoms with Crippen molar-refractivity contribution in [3.05, 3.63) is 87.8 Å². The molecule has 0 aliphatic carbocycles. The minimum Gasteiger partial charge on any atom is -0.447 e. The van der Waals surface area contributed by atoms with E-state index in [2.05, 4.69) is 30.6 Å². The summed E-state index contributed by atoms with van der Waals surface area (Å²) in [6.45, 7) is 3.30. The van der Waals surface area contributed by atoms with Gasteiger partial charge in [-0.25, -0.2) is 19.2 Å². The van der Waals surface area contributed by atoms with E-state index >= 15 is 0 Å². The Balaban J connectivity index is 1.09. The van der Waals surface area contributed by atoms with Gasteiger partial charge in [0.15, 0.2) is 6.23 Å². The van der Waals surface area contributed by atoms with Crippen LogP contribution in [0.15, 0.2) is 48.8 Å².